The van der Waals surface area contributed by atoms with Gasteiger partial charge in [-0.05, 0) is 47.6 Å². The zero-order chi connectivity index (χ0) is 19.1. The monoisotopic (exact) mass is 353 g/mol. The Labute approximate surface area is 157 Å². The highest BCUT2D eigenvalue weighted by molar-refractivity contribution is 6.21. The molecule has 0 aromatic heterocycles. The molecule has 0 spiro atoms. The van der Waals surface area contributed by atoms with Gasteiger partial charge in [-0.2, -0.15) is 0 Å². The second kappa shape index (κ2) is 9.51. The molecule has 0 radical (unpaired) electrons. The largest absolute Gasteiger partial charge is 0.504 e. The maximum absolute atomic E-state index is 12.0. The number of hydrogen-bond donors (Lipinski definition) is 1. The number of carbonyl (C=O) groups is 1. The number of aliphatic hydroxyl groups is 1. The Bertz CT molecular complexity index is 708. The fourth-order valence-corrected chi connectivity index (χ4v) is 3.17. The third-order valence-corrected chi connectivity index (χ3v) is 4.94. The smallest absolute Gasteiger partial charge is 0.220 e. The lowest BCUT2D eigenvalue weighted by Crippen LogP contribution is -2.18. The van der Waals surface area contributed by atoms with Crippen LogP contribution in [0.3, 0.4) is 0 Å². The van der Waals surface area contributed by atoms with Crippen LogP contribution < -0.4 is 0 Å². The van der Waals surface area contributed by atoms with E-state index in [1.807, 2.05) is 12.1 Å². The number of rotatable bonds is 8. The number of carbonyl (C=O) groups excluding carboxylic acids is 1. The summed E-state index contributed by atoms with van der Waals surface area (Å²) in [5.74, 6) is 0.166. The van der Waals surface area contributed by atoms with E-state index in [1.54, 1.807) is 6.08 Å². The molecule has 0 saturated carbocycles. The maximum Gasteiger partial charge on any atom is 0.220 e. The SMILES string of the molecule is CCCCCCC(C)C1=CC(=O)C(O)=C/C1=N\c1ccc(C(C)C)cc1. The van der Waals surface area contributed by atoms with Gasteiger partial charge in [0.15, 0.2) is 5.76 Å². The normalized spacial score (nSPS) is 17.4. The Hall–Kier alpha value is -2.16. The van der Waals surface area contributed by atoms with E-state index in [4.69, 9.17) is 4.99 Å². The van der Waals surface area contributed by atoms with Crippen LogP contribution in [0.25, 0.3) is 0 Å². The number of ketones is 1. The molecule has 3 nitrogen and oxygen atoms in total. The quantitative estimate of drug-likeness (QED) is 0.432. The fourth-order valence-electron chi connectivity index (χ4n) is 3.17. The first-order chi connectivity index (χ1) is 12.4. The van der Waals surface area contributed by atoms with Crippen molar-refractivity contribution >= 4 is 17.2 Å². The van der Waals surface area contributed by atoms with E-state index in [0.717, 1.165) is 24.1 Å². The van der Waals surface area contributed by atoms with Gasteiger partial charge in [-0.1, -0.05) is 65.5 Å². The van der Waals surface area contributed by atoms with E-state index in [0.29, 0.717) is 11.6 Å². The summed E-state index contributed by atoms with van der Waals surface area (Å²) in [5, 5.41) is 9.87. The lowest BCUT2D eigenvalue weighted by atomic mass is 9.87. The van der Waals surface area contributed by atoms with Crippen LogP contribution in [-0.2, 0) is 4.79 Å². The lowest BCUT2D eigenvalue weighted by Gasteiger charge is -2.19. The molecule has 0 fully saturated rings. The summed E-state index contributed by atoms with van der Waals surface area (Å²) in [6.07, 6.45) is 8.91. The van der Waals surface area contributed by atoms with E-state index in [1.165, 1.54) is 30.9 Å². The van der Waals surface area contributed by atoms with Crippen molar-refractivity contribution in [1.82, 2.24) is 0 Å². The molecule has 26 heavy (non-hydrogen) atoms. The molecule has 1 aromatic carbocycles. The molecule has 0 aliphatic heterocycles. The molecular formula is C23H31NO2. The molecule has 1 aliphatic rings. The summed E-state index contributed by atoms with van der Waals surface area (Å²) in [4.78, 5) is 16.7. The summed E-state index contributed by atoms with van der Waals surface area (Å²) >= 11 is 0. The number of aliphatic hydroxyl groups excluding tert-OH is 1. The maximum atomic E-state index is 12.0. The molecular weight excluding hydrogens is 322 g/mol. The van der Waals surface area contributed by atoms with Gasteiger partial charge in [0.2, 0.25) is 5.78 Å². The van der Waals surface area contributed by atoms with Crippen molar-refractivity contribution in [2.24, 2.45) is 10.9 Å². The number of unbranched alkanes of at least 4 members (excludes halogenated alkanes) is 3. The van der Waals surface area contributed by atoms with E-state index in [-0.39, 0.29) is 17.5 Å². The summed E-state index contributed by atoms with van der Waals surface area (Å²) in [6.45, 7) is 8.66. The molecule has 0 amide bonds. The Balaban J connectivity index is 2.21. The van der Waals surface area contributed by atoms with Crippen molar-refractivity contribution in [3.63, 3.8) is 0 Å². The third kappa shape index (κ3) is 5.42. The van der Waals surface area contributed by atoms with Crippen LogP contribution in [0.4, 0.5) is 5.69 Å². The van der Waals surface area contributed by atoms with E-state index < -0.39 is 0 Å². The van der Waals surface area contributed by atoms with Crippen molar-refractivity contribution in [1.29, 1.82) is 0 Å². The first kappa shape index (κ1) is 20.2. The number of nitrogens with zero attached hydrogens (tertiary/aromatic N) is 1. The molecule has 1 aliphatic carbocycles. The predicted octanol–water partition coefficient (Wildman–Crippen LogP) is 6.44. The molecule has 1 N–H and O–H groups in total. The zero-order valence-electron chi connectivity index (χ0n) is 16.5. The molecule has 1 unspecified atom stereocenters. The lowest BCUT2D eigenvalue weighted by molar-refractivity contribution is -0.113. The van der Waals surface area contributed by atoms with Crippen LogP contribution in [0.1, 0.15) is 71.3 Å². The molecule has 140 valence electrons. The van der Waals surface area contributed by atoms with Crippen molar-refractivity contribution < 1.29 is 9.90 Å². The molecule has 3 heteroatoms. The fraction of sp³-hybridized carbons (Fsp3) is 0.478. The van der Waals surface area contributed by atoms with Crippen LogP contribution in [0.15, 0.2) is 52.7 Å². The summed E-state index contributed by atoms with van der Waals surface area (Å²) in [5.41, 5.74) is 3.73. The predicted molar refractivity (Wildman–Crippen MR) is 109 cm³/mol. The van der Waals surface area contributed by atoms with Gasteiger partial charge in [0.25, 0.3) is 0 Å². The highest BCUT2D eigenvalue weighted by Crippen LogP contribution is 2.27. The Morgan fingerprint density at radius 2 is 1.69 bits per heavy atom. The summed E-state index contributed by atoms with van der Waals surface area (Å²) in [6, 6.07) is 8.15. The second-order valence-corrected chi connectivity index (χ2v) is 7.49. The van der Waals surface area contributed by atoms with E-state index >= 15 is 0 Å². The molecule has 1 atom stereocenters. The first-order valence-electron chi connectivity index (χ1n) is 9.78. The zero-order valence-corrected chi connectivity index (χ0v) is 16.5. The van der Waals surface area contributed by atoms with Crippen molar-refractivity contribution in [2.45, 2.75) is 65.7 Å². The van der Waals surface area contributed by atoms with Gasteiger partial charge in [-0.25, -0.2) is 4.99 Å². The minimum Gasteiger partial charge on any atom is -0.504 e. The average molecular weight is 354 g/mol. The van der Waals surface area contributed by atoms with Crippen LogP contribution in [0, 0.1) is 5.92 Å². The number of aliphatic imine (C=N–C) groups is 1. The molecule has 1 aromatic rings. The van der Waals surface area contributed by atoms with Crippen molar-refractivity contribution in [3.05, 3.63) is 53.3 Å². The van der Waals surface area contributed by atoms with Crippen molar-refractivity contribution in [3.8, 4) is 0 Å². The molecule has 0 heterocycles. The van der Waals surface area contributed by atoms with Gasteiger partial charge in [0.1, 0.15) is 0 Å². The van der Waals surface area contributed by atoms with Crippen LogP contribution in [0.2, 0.25) is 0 Å². The van der Waals surface area contributed by atoms with Crippen molar-refractivity contribution in [2.75, 3.05) is 0 Å². The summed E-state index contributed by atoms with van der Waals surface area (Å²) in [7, 11) is 0. The standard InChI is InChI=1S/C23H31NO2/c1-5-6-7-8-9-17(4)20-14-22(25)23(26)15-21(20)24-19-12-10-18(11-13-19)16(2)3/h10-17,26H,5-9H2,1-4H3/b24-21+. The van der Waals surface area contributed by atoms with E-state index in [9.17, 15) is 9.90 Å². The van der Waals surface area contributed by atoms with Gasteiger partial charge >= 0.3 is 0 Å². The first-order valence-corrected chi connectivity index (χ1v) is 9.78. The van der Waals surface area contributed by atoms with Crippen LogP contribution in [-0.4, -0.2) is 16.6 Å². The topological polar surface area (TPSA) is 49.7 Å². The minimum absolute atomic E-state index is 0.232. The number of hydrogen-bond acceptors (Lipinski definition) is 3. The Kier molecular flexibility index (Phi) is 7.38. The van der Waals surface area contributed by atoms with Gasteiger partial charge in [-0.3, -0.25) is 4.79 Å². The highest BCUT2D eigenvalue weighted by Gasteiger charge is 2.22. The number of benzene rings is 1. The second-order valence-electron chi connectivity index (χ2n) is 7.49. The Morgan fingerprint density at radius 3 is 2.31 bits per heavy atom. The molecule has 2 rings (SSSR count). The third-order valence-electron chi connectivity index (χ3n) is 4.94. The van der Waals surface area contributed by atoms with E-state index in [2.05, 4.69) is 39.8 Å². The Morgan fingerprint density at radius 1 is 1.00 bits per heavy atom. The summed E-state index contributed by atoms with van der Waals surface area (Å²) < 4.78 is 0. The molecule has 0 bridgehead atoms. The minimum atomic E-state index is -0.325. The van der Waals surface area contributed by atoms with Gasteiger partial charge in [0, 0.05) is 6.08 Å². The van der Waals surface area contributed by atoms with Gasteiger partial charge in [0.05, 0.1) is 11.4 Å². The highest BCUT2D eigenvalue weighted by atomic mass is 16.3. The number of allylic oxidation sites excluding steroid dienone is 3. The molecule has 0 saturated heterocycles. The van der Waals surface area contributed by atoms with Gasteiger partial charge < -0.3 is 5.11 Å². The average Bonchev–Trinajstić information content (AvgIpc) is 2.62. The van der Waals surface area contributed by atoms with Crippen LogP contribution >= 0.6 is 0 Å². The van der Waals surface area contributed by atoms with Gasteiger partial charge in [-0.15, -0.1) is 0 Å². The van der Waals surface area contributed by atoms with Crippen LogP contribution in [0.5, 0.6) is 0 Å².